The number of nitrogens with one attached hydrogen (secondary N) is 1. The molecule has 1 amide bonds. The lowest BCUT2D eigenvalue weighted by Crippen LogP contribution is -2.14. The van der Waals surface area contributed by atoms with Crippen LogP contribution in [0.2, 0.25) is 0 Å². The molecular weight excluding hydrogens is 444 g/mol. The highest BCUT2D eigenvalue weighted by Crippen LogP contribution is 2.32. The molecule has 0 spiro atoms. The Balaban J connectivity index is 1.45. The lowest BCUT2D eigenvalue weighted by Gasteiger charge is -2.12. The summed E-state index contributed by atoms with van der Waals surface area (Å²) in [5.74, 6) is 1.56. The number of rotatable bonds is 7. The average molecular weight is 467 g/mol. The number of hydrogen-bond donors (Lipinski definition) is 1. The molecule has 0 aliphatic heterocycles. The van der Waals surface area contributed by atoms with Crippen molar-refractivity contribution in [2.45, 2.75) is 5.16 Å². The quantitative estimate of drug-likeness (QED) is 0.306. The minimum atomic E-state index is -0.121. The molecule has 0 fully saturated rings. The maximum atomic E-state index is 12.6. The Morgan fingerprint density at radius 2 is 1.62 bits per heavy atom. The molecule has 0 bridgehead atoms. The van der Waals surface area contributed by atoms with Crippen molar-refractivity contribution in [3.05, 3.63) is 97.1 Å². The predicted molar refractivity (Wildman–Crippen MR) is 137 cm³/mol. The SMILES string of the molecule is COc1ccc(NC(=O)CSc2nnc(-c3cccc4ccccc34)n2-c2ccccc2)cc1. The van der Waals surface area contributed by atoms with Crippen LogP contribution in [0.4, 0.5) is 5.69 Å². The van der Waals surface area contributed by atoms with Crippen LogP contribution < -0.4 is 10.1 Å². The highest BCUT2D eigenvalue weighted by molar-refractivity contribution is 7.99. The monoisotopic (exact) mass is 466 g/mol. The molecule has 7 heteroatoms. The maximum Gasteiger partial charge on any atom is 0.234 e. The Morgan fingerprint density at radius 3 is 2.41 bits per heavy atom. The van der Waals surface area contributed by atoms with Gasteiger partial charge in [0.1, 0.15) is 5.75 Å². The molecule has 0 saturated carbocycles. The minimum absolute atomic E-state index is 0.121. The van der Waals surface area contributed by atoms with Crippen LogP contribution in [0, 0.1) is 0 Å². The number of amides is 1. The van der Waals surface area contributed by atoms with E-state index in [0.29, 0.717) is 10.8 Å². The van der Waals surface area contributed by atoms with Crippen molar-refractivity contribution in [3.8, 4) is 22.8 Å². The fourth-order valence-corrected chi connectivity index (χ4v) is 4.52. The van der Waals surface area contributed by atoms with Gasteiger partial charge in [-0.2, -0.15) is 0 Å². The summed E-state index contributed by atoms with van der Waals surface area (Å²) >= 11 is 1.35. The van der Waals surface area contributed by atoms with Crippen LogP contribution in [0.1, 0.15) is 0 Å². The molecular formula is C27H22N4O2S. The van der Waals surface area contributed by atoms with Gasteiger partial charge in [0.2, 0.25) is 5.91 Å². The van der Waals surface area contributed by atoms with Crippen LogP contribution in [-0.4, -0.2) is 33.5 Å². The molecule has 0 saturated heterocycles. The lowest BCUT2D eigenvalue weighted by atomic mass is 10.0. The molecule has 5 aromatic rings. The average Bonchev–Trinajstić information content (AvgIpc) is 3.32. The zero-order chi connectivity index (χ0) is 23.3. The van der Waals surface area contributed by atoms with Crippen molar-refractivity contribution in [2.75, 3.05) is 18.2 Å². The molecule has 0 aliphatic carbocycles. The van der Waals surface area contributed by atoms with Crippen molar-refractivity contribution in [1.29, 1.82) is 0 Å². The number of methoxy groups -OCH3 is 1. The van der Waals surface area contributed by atoms with Crippen molar-refractivity contribution >= 4 is 34.1 Å². The molecule has 1 aromatic heterocycles. The van der Waals surface area contributed by atoms with Crippen LogP contribution in [0.15, 0.2) is 102 Å². The summed E-state index contributed by atoms with van der Waals surface area (Å²) in [6.45, 7) is 0. The van der Waals surface area contributed by atoms with E-state index >= 15 is 0 Å². The third kappa shape index (κ3) is 4.51. The van der Waals surface area contributed by atoms with E-state index in [1.54, 1.807) is 7.11 Å². The van der Waals surface area contributed by atoms with Crippen LogP contribution >= 0.6 is 11.8 Å². The Morgan fingerprint density at radius 1 is 0.882 bits per heavy atom. The van der Waals surface area contributed by atoms with E-state index in [1.807, 2.05) is 77.4 Å². The van der Waals surface area contributed by atoms with Gasteiger partial charge < -0.3 is 10.1 Å². The third-order valence-corrected chi connectivity index (χ3v) is 6.31. The second-order valence-corrected chi connectivity index (χ2v) is 8.51. The van der Waals surface area contributed by atoms with E-state index in [4.69, 9.17) is 4.74 Å². The van der Waals surface area contributed by atoms with E-state index in [2.05, 4.69) is 39.8 Å². The summed E-state index contributed by atoms with van der Waals surface area (Å²) in [6, 6.07) is 31.6. The van der Waals surface area contributed by atoms with Gasteiger partial charge >= 0.3 is 0 Å². The molecule has 1 N–H and O–H groups in total. The second kappa shape index (κ2) is 9.80. The normalized spacial score (nSPS) is 10.9. The van der Waals surface area contributed by atoms with Gasteiger partial charge in [-0.05, 0) is 47.2 Å². The standard InChI is InChI=1S/C27H22N4O2S/c1-33-22-16-14-20(15-17-22)28-25(32)18-34-27-30-29-26(31(27)21-10-3-2-4-11-21)24-13-7-9-19-8-5-6-12-23(19)24/h2-17H,18H2,1H3,(H,28,32). The van der Waals surface area contributed by atoms with Crippen molar-refractivity contribution in [2.24, 2.45) is 0 Å². The number of fused-ring (bicyclic) bond motifs is 1. The number of carbonyl (C=O) groups excluding carboxylic acids is 1. The minimum Gasteiger partial charge on any atom is -0.497 e. The van der Waals surface area contributed by atoms with E-state index < -0.39 is 0 Å². The highest BCUT2D eigenvalue weighted by atomic mass is 32.2. The zero-order valence-corrected chi connectivity index (χ0v) is 19.3. The largest absolute Gasteiger partial charge is 0.497 e. The number of ether oxygens (including phenoxy) is 1. The van der Waals surface area contributed by atoms with Crippen LogP contribution in [-0.2, 0) is 4.79 Å². The topological polar surface area (TPSA) is 69.0 Å². The summed E-state index contributed by atoms with van der Waals surface area (Å²) in [6.07, 6.45) is 0. The number of carbonyl (C=O) groups is 1. The molecule has 34 heavy (non-hydrogen) atoms. The van der Waals surface area contributed by atoms with Crippen LogP contribution in [0.25, 0.3) is 27.8 Å². The number of para-hydroxylation sites is 1. The van der Waals surface area contributed by atoms with Gasteiger partial charge in [-0.1, -0.05) is 72.4 Å². The number of hydrogen-bond acceptors (Lipinski definition) is 5. The molecule has 168 valence electrons. The number of anilines is 1. The molecule has 0 atom stereocenters. The molecule has 4 aromatic carbocycles. The second-order valence-electron chi connectivity index (χ2n) is 7.57. The van der Waals surface area contributed by atoms with Gasteiger partial charge in [0, 0.05) is 16.9 Å². The number of thioether (sulfide) groups is 1. The first-order valence-corrected chi connectivity index (χ1v) is 11.8. The molecule has 5 rings (SSSR count). The molecule has 0 unspecified atom stereocenters. The zero-order valence-electron chi connectivity index (χ0n) is 18.5. The van der Waals surface area contributed by atoms with Gasteiger partial charge in [-0.15, -0.1) is 10.2 Å². The van der Waals surface area contributed by atoms with E-state index in [9.17, 15) is 4.79 Å². The summed E-state index contributed by atoms with van der Waals surface area (Å²) in [4.78, 5) is 12.6. The third-order valence-electron chi connectivity index (χ3n) is 5.38. The van der Waals surface area contributed by atoms with Gasteiger partial charge in [0.25, 0.3) is 0 Å². The molecule has 0 aliphatic rings. The van der Waals surface area contributed by atoms with Crippen molar-refractivity contribution < 1.29 is 9.53 Å². The Kier molecular flexibility index (Phi) is 6.27. The van der Waals surface area contributed by atoms with Crippen molar-refractivity contribution in [3.63, 3.8) is 0 Å². The molecule has 0 radical (unpaired) electrons. The van der Waals surface area contributed by atoms with E-state index in [-0.39, 0.29) is 11.7 Å². The number of nitrogens with zero attached hydrogens (tertiary/aromatic N) is 3. The van der Waals surface area contributed by atoms with E-state index in [1.165, 1.54) is 11.8 Å². The van der Waals surface area contributed by atoms with Gasteiger partial charge in [0.15, 0.2) is 11.0 Å². The van der Waals surface area contributed by atoms with Crippen LogP contribution in [0.5, 0.6) is 5.75 Å². The predicted octanol–water partition coefficient (Wildman–Crippen LogP) is 5.83. The van der Waals surface area contributed by atoms with Gasteiger partial charge in [0.05, 0.1) is 12.9 Å². The Hall–Kier alpha value is -4.10. The summed E-state index contributed by atoms with van der Waals surface area (Å²) in [5.41, 5.74) is 2.64. The van der Waals surface area contributed by atoms with Gasteiger partial charge in [-0.25, -0.2) is 0 Å². The summed E-state index contributed by atoms with van der Waals surface area (Å²) in [7, 11) is 1.61. The van der Waals surface area contributed by atoms with Crippen molar-refractivity contribution in [1.82, 2.24) is 14.8 Å². The first-order valence-electron chi connectivity index (χ1n) is 10.8. The number of aromatic nitrogens is 3. The Labute approximate surface area is 201 Å². The maximum absolute atomic E-state index is 12.6. The molecule has 6 nitrogen and oxygen atoms in total. The fourth-order valence-electron chi connectivity index (χ4n) is 3.77. The highest BCUT2D eigenvalue weighted by Gasteiger charge is 2.18. The van der Waals surface area contributed by atoms with E-state index in [0.717, 1.165) is 33.6 Å². The first kappa shape index (κ1) is 21.7. The van der Waals surface area contributed by atoms with Crippen LogP contribution in [0.3, 0.4) is 0 Å². The fraction of sp³-hybridized carbons (Fsp3) is 0.0741. The number of benzene rings is 4. The smallest absolute Gasteiger partial charge is 0.234 e. The molecule has 1 heterocycles. The lowest BCUT2D eigenvalue weighted by molar-refractivity contribution is -0.113. The first-order chi connectivity index (χ1) is 16.7. The Bertz CT molecular complexity index is 1430. The van der Waals surface area contributed by atoms with Gasteiger partial charge in [-0.3, -0.25) is 9.36 Å². The summed E-state index contributed by atoms with van der Waals surface area (Å²) < 4.78 is 7.17. The summed E-state index contributed by atoms with van der Waals surface area (Å²) in [5, 5.41) is 14.8.